The van der Waals surface area contributed by atoms with Crippen LogP contribution >= 0.6 is 11.6 Å². The van der Waals surface area contributed by atoms with Gasteiger partial charge in [-0.3, -0.25) is 4.99 Å². The van der Waals surface area contributed by atoms with Crippen molar-refractivity contribution in [3.05, 3.63) is 124 Å². The van der Waals surface area contributed by atoms with Crippen molar-refractivity contribution < 1.29 is 17.3 Å². The Morgan fingerprint density at radius 2 is 1.69 bits per heavy atom. The summed E-state index contributed by atoms with van der Waals surface area (Å²) in [6, 6.07) is 24.7. The van der Waals surface area contributed by atoms with Gasteiger partial charge in [-0.25, -0.2) is 0 Å². The first kappa shape index (κ1) is 28.1. The third kappa shape index (κ3) is 5.54. The van der Waals surface area contributed by atoms with Crippen LogP contribution in [0.15, 0.2) is 101 Å². The first-order valence-corrected chi connectivity index (χ1v) is 15.6. The van der Waals surface area contributed by atoms with Crippen molar-refractivity contribution in [2.24, 2.45) is 10.9 Å². The topological polar surface area (TPSA) is 77.0 Å². The standard InChI is InChI=1S/C34H31ClN2O4S/c1-21-7-14-26(15-8-21)42(38,39)41-34-30(35)18-23(19-32(34)40-3)20-36-25-12-10-24(11-13-25)33-28-6-4-5-27(28)29-17-22(2)9-16-31(29)37-33/h4-5,7-20,27-28,33,37H,6H2,1-3H3/t27-,28-,33-/m0/s1. The van der Waals surface area contributed by atoms with Crippen LogP contribution < -0.4 is 14.2 Å². The fraction of sp³-hybridized carbons (Fsp3) is 0.206. The summed E-state index contributed by atoms with van der Waals surface area (Å²) in [5, 5.41) is 3.88. The fourth-order valence-corrected chi connectivity index (χ4v) is 6.98. The second-order valence-corrected chi connectivity index (χ2v) is 12.8. The van der Waals surface area contributed by atoms with Crippen LogP contribution in [0.3, 0.4) is 0 Å². The highest BCUT2D eigenvalue weighted by Crippen LogP contribution is 2.50. The molecular weight excluding hydrogens is 568 g/mol. The number of aryl methyl sites for hydroxylation is 2. The Morgan fingerprint density at radius 1 is 0.952 bits per heavy atom. The Hall–Kier alpha value is -4.07. The molecule has 1 heterocycles. The van der Waals surface area contributed by atoms with Crippen molar-refractivity contribution in [1.82, 2.24) is 0 Å². The molecule has 4 aromatic carbocycles. The normalized spacial score (nSPS) is 19.3. The van der Waals surface area contributed by atoms with Crippen LogP contribution in [-0.2, 0) is 10.1 Å². The zero-order valence-corrected chi connectivity index (χ0v) is 25.1. The molecule has 0 bridgehead atoms. The van der Waals surface area contributed by atoms with E-state index >= 15 is 0 Å². The van der Waals surface area contributed by atoms with Gasteiger partial charge in [0, 0.05) is 17.8 Å². The van der Waals surface area contributed by atoms with Crippen LogP contribution in [0.5, 0.6) is 11.5 Å². The Balaban J connectivity index is 1.20. The molecule has 0 unspecified atom stereocenters. The highest BCUT2D eigenvalue weighted by Gasteiger charge is 2.37. The van der Waals surface area contributed by atoms with Gasteiger partial charge in [0.2, 0.25) is 5.75 Å². The SMILES string of the molecule is COc1cc(C=Nc2ccc([C@@H]3Nc4ccc(C)cc4[C@H]4C=CC[C@@H]43)cc2)cc(Cl)c1OS(=O)(=O)c1ccc(C)cc1. The molecule has 214 valence electrons. The lowest BCUT2D eigenvalue weighted by Crippen LogP contribution is -2.29. The van der Waals surface area contributed by atoms with Crippen molar-refractivity contribution in [2.75, 3.05) is 12.4 Å². The molecule has 0 saturated heterocycles. The lowest BCUT2D eigenvalue weighted by Gasteiger charge is -2.37. The van der Waals surface area contributed by atoms with Gasteiger partial charge in [0.15, 0.2) is 5.75 Å². The molecule has 2 aliphatic rings. The first-order chi connectivity index (χ1) is 20.2. The van der Waals surface area contributed by atoms with E-state index in [9.17, 15) is 8.42 Å². The highest BCUT2D eigenvalue weighted by atomic mass is 35.5. The molecule has 1 N–H and O–H groups in total. The predicted molar refractivity (Wildman–Crippen MR) is 168 cm³/mol. The molecule has 3 atom stereocenters. The van der Waals surface area contributed by atoms with Gasteiger partial charge >= 0.3 is 10.1 Å². The summed E-state index contributed by atoms with van der Waals surface area (Å²) in [4.78, 5) is 4.65. The summed E-state index contributed by atoms with van der Waals surface area (Å²) in [5.41, 5.74) is 7.44. The number of fused-ring (bicyclic) bond motifs is 3. The van der Waals surface area contributed by atoms with Crippen molar-refractivity contribution in [3.8, 4) is 11.5 Å². The summed E-state index contributed by atoms with van der Waals surface area (Å²) in [6.45, 7) is 4.02. The molecule has 0 aromatic heterocycles. The molecule has 0 amide bonds. The van der Waals surface area contributed by atoms with E-state index in [0.717, 1.165) is 17.7 Å². The van der Waals surface area contributed by atoms with Crippen molar-refractivity contribution in [2.45, 2.75) is 37.1 Å². The maximum atomic E-state index is 12.8. The number of methoxy groups -OCH3 is 1. The molecule has 0 radical (unpaired) electrons. The van der Waals surface area contributed by atoms with Gasteiger partial charge < -0.3 is 14.2 Å². The number of nitrogens with one attached hydrogen (secondary N) is 1. The maximum Gasteiger partial charge on any atom is 0.339 e. The van der Waals surface area contributed by atoms with E-state index in [1.54, 1.807) is 30.5 Å². The van der Waals surface area contributed by atoms with Gasteiger partial charge in [0.25, 0.3) is 0 Å². The first-order valence-electron chi connectivity index (χ1n) is 13.8. The molecule has 0 spiro atoms. The number of aliphatic imine (C=N–C) groups is 1. The van der Waals surface area contributed by atoms with Crippen molar-refractivity contribution >= 4 is 39.3 Å². The van der Waals surface area contributed by atoms with E-state index in [0.29, 0.717) is 17.4 Å². The fourth-order valence-electron chi connectivity index (χ4n) is 5.72. The summed E-state index contributed by atoms with van der Waals surface area (Å²) < 4.78 is 36.5. The molecule has 0 saturated carbocycles. The molecule has 0 fully saturated rings. The van der Waals surface area contributed by atoms with E-state index < -0.39 is 10.1 Å². The summed E-state index contributed by atoms with van der Waals surface area (Å²) >= 11 is 6.47. The minimum Gasteiger partial charge on any atom is -0.493 e. The third-order valence-corrected chi connectivity index (χ3v) is 9.40. The van der Waals surface area contributed by atoms with E-state index in [1.807, 2.05) is 19.1 Å². The monoisotopic (exact) mass is 598 g/mol. The van der Waals surface area contributed by atoms with Gasteiger partial charge in [-0.2, -0.15) is 8.42 Å². The lowest BCUT2D eigenvalue weighted by molar-refractivity contribution is 0.390. The summed E-state index contributed by atoms with van der Waals surface area (Å²) in [6.07, 6.45) is 7.36. The molecule has 42 heavy (non-hydrogen) atoms. The zero-order valence-electron chi connectivity index (χ0n) is 23.5. The van der Waals surface area contributed by atoms with Crippen LogP contribution in [0.1, 0.15) is 46.2 Å². The van der Waals surface area contributed by atoms with Crippen molar-refractivity contribution in [3.63, 3.8) is 0 Å². The molecule has 6 nitrogen and oxygen atoms in total. The number of allylic oxidation sites excluding steroid dienone is 2. The van der Waals surface area contributed by atoms with Gasteiger partial charge in [-0.15, -0.1) is 0 Å². The maximum absolute atomic E-state index is 12.8. The Bertz CT molecular complexity index is 1800. The number of anilines is 1. The van der Waals surface area contributed by atoms with E-state index in [1.165, 1.54) is 41.6 Å². The van der Waals surface area contributed by atoms with Gasteiger partial charge in [-0.05, 0) is 85.3 Å². The van der Waals surface area contributed by atoms with E-state index in [-0.39, 0.29) is 27.5 Å². The highest BCUT2D eigenvalue weighted by molar-refractivity contribution is 7.87. The summed E-state index contributed by atoms with van der Waals surface area (Å²) in [5.74, 6) is 1.01. The minimum absolute atomic E-state index is 0.0303. The summed E-state index contributed by atoms with van der Waals surface area (Å²) in [7, 11) is -2.67. The number of halogens is 1. The molecule has 6 rings (SSSR count). The van der Waals surface area contributed by atoms with Crippen LogP contribution in [-0.4, -0.2) is 21.7 Å². The Kier molecular flexibility index (Phi) is 7.56. The smallest absolute Gasteiger partial charge is 0.339 e. The van der Waals surface area contributed by atoms with Crippen LogP contribution in [0.4, 0.5) is 11.4 Å². The van der Waals surface area contributed by atoms with Gasteiger partial charge in [0.1, 0.15) is 4.90 Å². The number of hydrogen-bond donors (Lipinski definition) is 1. The van der Waals surface area contributed by atoms with E-state index in [2.05, 4.69) is 59.7 Å². The molecular formula is C34H31ClN2O4S. The quantitative estimate of drug-likeness (QED) is 0.131. The minimum atomic E-state index is -4.10. The lowest BCUT2D eigenvalue weighted by atomic mass is 9.76. The number of ether oxygens (including phenoxy) is 1. The van der Waals surface area contributed by atoms with Crippen molar-refractivity contribution in [1.29, 1.82) is 0 Å². The number of nitrogens with zero attached hydrogens (tertiary/aromatic N) is 1. The third-order valence-electron chi connectivity index (χ3n) is 7.89. The molecule has 4 aromatic rings. The van der Waals surface area contributed by atoms with Gasteiger partial charge in [-0.1, -0.05) is 71.3 Å². The molecule has 1 aliphatic carbocycles. The second kappa shape index (κ2) is 11.3. The Labute approximate surface area is 251 Å². The second-order valence-electron chi connectivity index (χ2n) is 10.8. The van der Waals surface area contributed by atoms with Crippen LogP contribution in [0.25, 0.3) is 0 Å². The predicted octanol–water partition coefficient (Wildman–Crippen LogP) is 8.31. The largest absolute Gasteiger partial charge is 0.493 e. The molecule has 1 aliphatic heterocycles. The van der Waals surface area contributed by atoms with E-state index in [4.69, 9.17) is 20.5 Å². The zero-order chi connectivity index (χ0) is 29.4. The number of hydrogen-bond acceptors (Lipinski definition) is 6. The van der Waals surface area contributed by atoms with Crippen LogP contribution in [0, 0.1) is 19.8 Å². The average Bonchev–Trinajstić information content (AvgIpc) is 3.48. The van der Waals surface area contributed by atoms with Gasteiger partial charge in [0.05, 0.1) is 23.9 Å². The average molecular weight is 599 g/mol. The van der Waals surface area contributed by atoms with Crippen LogP contribution in [0.2, 0.25) is 5.02 Å². The number of rotatable bonds is 7. The molecule has 8 heteroatoms. The Morgan fingerprint density at radius 3 is 2.43 bits per heavy atom. The number of benzene rings is 4.